The molecule has 0 N–H and O–H groups in total. The number of benzene rings is 1. The van der Waals surface area contributed by atoms with Crippen molar-refractivity contribution in [3.8, 4) is 5.75 Å². The fourth-order valence-corrected chi connectivity index (χ4v) is 3.29. The number of alkyl halides is 3. The van der Waals surface area contributed by atoms with Crippen molar-refractivity contribution in [3.63, 3.8) is 0 Å². The molecule has 2 aromatic heterocycles. The van der Waals surface area contributed by atoms with Gasteiger partial charge in [0.1, 0.15) is 23.0 Å². The van der Waals surface area contributed by atoms with E-state index in [0.717, 1.165) is 18.8 Å². The Bertz CT molecular complexity index is 990. The first-order chi connectivity index (χ1) is 13.9. The van der Waals surface area contributed by atoms with Crippen LogP contribution in [0.25, 0.3) is 5.65 Å². The number of nitrogens with zero attached hydrogens (tertiary/aromatic N) is 3. The van der Waals surface area contributed by atoms with E-state index in [9.17, 15) is 17.6 Å². The second-order valence-corrected chi connectivity index (χ2v) is 7.54. The first-order valence-corrected chi connectivity index (χ1v) is 9.60. The van der Waals surface area contributed by atoms with Gasteiger partial charge in [-0.3, -0.25) is 4.40 Å². The Balaban J connectivity index is 0.000000171. The van der Waals surface area contributed by atoms with E-state index >= 15 is 0 Å². The number of pyridine rings is 1. The van der Waals surface area contributed by atoms with Gasteiger partial charge in [0.15, 0.2) is 5.65 Å². The molecular weight excluding hydrogens is 386 g/mol. The van der Waals surface area contributed by atoms with Crippen LogP contribution in [0.2, 0.25) is 0 Å². The molecule has 4 nitrogen and oxygen atoms in total. The number of halogens is 4. The molecule has 29 heavy (non-hydrogen) atoms. The molecule has 3 aromatic rings. The highest BCUT2D eigenvalue weighted by atomic mass is 19.4. The number of rotatable bonds is 4. The summed E-state index contributed by atoms with van der Waals surface area (Å²) in [4.78, 5) is 0. The average Bonchev–Trinajstić information content (AvgIpc) is 3.60. The summed E-state index contributed by atoms with van der Waals surface area (Å²) in [5.41, 5.74) is 0.232. The molecule has 2 saturated carbocycles. The van der Waals surface area contributed by atoms with E-state index in [4.69, 9.17) is 4.74 Å². The smallest absolute Gasteiger partial charge is 0.423 e. The minimum atomic E-state index is -4.52. The Labute approximate surface area is 165 Å². The van der Waals surface area contributed by atoms with Crippen molar-refractivity contribution < 1.29 is 22.3 Å². The van der Waals surface area contributed by atoms with Gasteiger partial charge in [0.25, 0.3) is 0 Å². The van der Waals surface area contributed by atoms with Gasteiger partial charge in [-0.2, -0.15) is 13.2 Å². The molecule has 2 heterocycles. The minimum Gasteiger partial charge on any atom is -0.496 e. The van der Waals surface area contributed by atoms with Crippen LogP contribution in [0.15, 0.2) is 36.5 Å². The van der Waals surface area contributed by atoms with E-state index in [-0.39, 0.29) is 17.2 Å². The number of fused-ring (bicyclic) bond motifs is 1. The van der Waals surface area contributed by atoms with Crippen molar-refractivity contribution in [1.82, 2.24) is 14.6 Å². The first-order valence-electron chi connectivity index (χ1n) is 9.60. The van der Waals surface area contributed by atoms with Crippen LogP contribution in [0.4, 0.5) is 17.6 Å². The molecule has 0 bridgehead atoms. The maximum Gasteiger partial charge on any atom is 0.423 e. The summed E-state index contributed by atoms with van der Waals surface area (Å²) in [6.45, 7) is 0. The highest BCUT2D eigenvalue weighted by Gasteiger charge is 2.38. The Morgan fingerprint density at radius 2 is 1.72 bits per heavy atom. The van der Waals surface area contributed by atoms with Crippen molar-refractivity contribution in [2.75, 3.05) is 7.11 Å². The number of hydrogen-bond donors (Lipinski definition) is 0. The third-order valence-electron chi connectivity index (χ3n) is 5.20. The van der Waals surface area contributed by atoms with Gasteiger partial charge in [-0.05, 0) is 61.3 Å². The van der Waals surface area contributed by atoms with Crippen LogP contribution in [0.3, 0.4) is 0 Å². The van der Waals surface area contributed by atoms with Crippen LogP contribution in [-0.4, -0.2) is 21.7 Å². The van der Waals surface area contributed by atoms with Gasteiger partial charge in [-0.25, -0.2) is 4.39 Å². The molecule has 0 radical (unpaired) electrons. The van der Waals surface area contributed by atoms with Crippen molar-refractivity contribution in [1.29, 1.82) is 0 Å². The molecule has 0 saturated heterocycles. The van der Waals surface area contributed by atoms with E-state index in [0.29, 0.717) is 18.2 Å². The molecule has 5 rings (SSSR count). The first kappa shape index (κ1) is 19.7. The zero-order chi connectivity index (χ0) is 20.6. The lowest BCUT2D eigenvalue weighted by molar-refractivity contribution is -0.137. The van der Waals surface area contributed by atoms with Crippen molar-refractivity contribution in [2.45, 2.75) is 44.2 Å². The van der Waals surface area contributed by atoms with E-state index in [1.807, 2.05) is 12.1 Å². The monoisotopic (exact) mass is 407 g/mol. The molecule has 8 heteroatoms. The summed E-state index contributed by atoms with van der Waals surface area (Å²) in [7, 11) is 1.21. The van der Waals surface area contributed by atoms with E-state index in [1.165, 1.54) is 54.3 Å². The number of aromatic nitrogens is 3. The van der Waals surface area contributed by atoms with Crippen LogP contribution in [0, 0.1) is 11.7 Å². The SMILES string of the molecule is COc1ccn2c(CC3CC3)nnc2c1C(F)(F)F.Fc1ccc(C2CC2)cc1. The second kappa shape index (κ2) is 7.65. The highest BCUT2D eigenvalue weighted by Crippen LogP contribution is 2.40. The normalized spacial score (nSPS) is 16.4. The molecule has 2 aliphatic carbocycles. The van der Waals surface area contributed by atoms with Crippen LogP contribution in [0.5, 0.6) is 5.75 Å². The molecule has 0 unspecified atom stereocenters. The lowest BCUT2D eigenvalue weighted by atomic mass is 10.1. The Kier molecular flexibility index (Phi) is 5.19. The zero-order valence-corrected chi connectivity index (χ0v) is 15.9. The third kappa shape index (κ3) is 4.52. The minimum absolute atomic E-state index is 0.135. The van der Waals surface area contributed by atoms with Gasteiger partial charge in [0.2, 0.25) is 0 Å². The fourth-order valence-electron chi connectivity index (χ4n) is 3.29. The lowest BCUT2D eigenvalue weighted by Crippen LogP contribution is -2.10. The highest BCUT2D eigenvalue weighted by molar-refractivity contribution is 5.56. The van der Waals surface area contributed by atoms with Crippen molar-refractivity contribution >= 4 is 5.65 Å². The largest absolute Gasteiger partial charge is 0.496 e. The van der Waals surface area contributed by atoms with E-state index < -0.39 is 11.7 Å². The van der Waals surface area contributed by atoms with Gasteiger partial charge >= 0.3 is 6.18 Å². The van der Waals surface area contributed by atoms with Crippen LogP contribution in [0.1, 0.15) is 48.6 Å². The summed E-state index contributed by atoms with van der Waals surface area (Å²) in [6, 6.07) is 8.14. The van der Waals surface area contributed by atoms with Gasteiger partial charge in [0.05, 0.1) is 7.11 Å². The Morgan fingerprint density at radius 1 is 1.03 bits per heavy atom. The van der Waals surface area contributed by atoms with Gasteiger partial charge in [-0.15, -0.1) is 10.2 Å². The topological polar surface area (TPSA) is 39.4 Å². The number of ether oxygens (including phenoxy) is 1. The second-order valence-electron chi connectivity index (χ2n) is 7.54. The van der Waals surface area contributed by atoms with Crippen molar-refractivity contribution in [2.24, 2.45) is 5.92 Å². The van der Waals surface area contributed by atoms with Gasteiger partial charge < -0.3 is 4.74 Å². The summed E-state index contributed by atoms with van der Waals surface area (Å²) in [5, 5.41) is 7.57. The number of hydrogen-bond acceptors (Lipinski definition) is 3. The summed E-state index contributed by atoms with van der Waals surface area (Å²) >= 11 is 0. The Morgan fingerprint density at radius 3 is 2.28 bits per heavy atom. The fraction of sp³-hybridized carbons (Fsp3) is 0.429. The lowest BCUT2D eigenvalue weighted by Gasteiger charge is -2.12. The quantitative estimate of drug-likeness (QED) is 0.543. The Hall–Kier alpha value is -2.64. The van der Waals surface area contributed by atoms with E-state index in [2.05, 4.69) is 10.2 Å². The van der Waals surface area contributed by atoms with Crippen LogP contribution >= 0.6 is 0 Å². The van der Waals surface area contributed by atoms with E-state index in [1.54, 1.807) is 0 Å². The predicted molar refractivity (Wildman–Crippen MR) is 99.3 cm³/mol. The molecule has 0 atom stereocenters. The molecule has 2 fully saturated rings. The summed E-state index contributed by atoms with van der Waals surface area (Å²) in [6.07, 6.45) is 2.47. The van der Waals surface area contributed by atoms with Crippen molar-refractivity contribution in [3.05, 3.63) is 59.3 Å². The van der Waals surface area contributed by atoms with Gasteiger partial charge in [0, 0.05) is 12.6 Å². The molecule has 2 aliphatic rings. The maximum absolute atomic E-state index is 13.1. The average molecular weight is 407 g/mol. The van der Waals surface area contributed by atoms with Gasteiger partial charge in [-0.1, -0.05) is 12.1 Å². The van der Waals surface area contributed by atoms with Crippen LogP contribution in [-0.2, 0) is 12.6 Å². The molecule has 0 amide bonds. The molecule has 1 aromatic carbocycles. The summed E-state index contributed by atoms with van der Waals surface area (Å²) < 4.78 is 57.8. The number of methoxy groups -OCH3 is 1. The van der Waals surface area contributed by atoms with Crippen LogP contribution < -0.4 is 4.74 Å². The molecule has 154 valence electrons. The standard InChI is InChI=1S/C12H12F3N3O.C9H9F/c1-19-8-4-5-18-9(6-7-2-3-7)16-17-11(18)10(8)12(13,14)15;10-9-5-3-8(4-6-9)7-1-2-7/h4-5,7H,2-3,6H2,1H3;3-7H,1-2H2. The maximum atomic E-state index is 13.1. The molecule has 0 aliphatic heterocycles. The zero-order valence-electron chi connectivity index (χ0n) is 15.9. The molecular formula is C21H21F4N3O. The third-order valence-corrected chi connectivity index (χ3v) is 5.20. The predicted octanol–water partition coefficient (Wildman–Crippen LogP) is 5.41. The summed E-state index contributed by atoms with van der Waals surface area (Å²) in [5.74, 6) is 1.48. The molecule has 0 spiro atoms.